The molecule has 0 aliphatic carbocycles. The molecule has 6 rings (SSSR count). The van der Waals surface area contributed by atoms with Crippen molar-refractivity contribution in [2.24, 2.45) is 0 Å². The minimum absolute atomic E-state index is 0.265. The number of fused-ring (bicyclic) bond motifs is 1. The highest BCUT2D eigenvalue weighted by atomic mass is 19.4. The number of carbonyl (C=O) groups excluding carboxylic acids is 1. The Morgan fingerprint density at radius 3 is 2.59 bits per heavy atom. The van der Waals surface area contributed by atoms with E-state index < -0.39 is 23.5 Å². The van der Waals surface area contributed by atoms with Crippen molar-refractivity contribution in [1.82, 2.24) is 34.5 Å². The van der Waals surface area contributed by atoms with Gasteiger partial charge in [-0.25, -0.2) is 14.4 Å². The summed E-state index contributed by atoms with van der Waals surface area (Å²) < 4.78 is 54.5. The molecule has 12 heteroatoms. The van der Waals surface area contributed by atoms with Crippen LogP contribution >= 0.6 is 0 Å². The number of nitrogens with one attached hydrogen (secondary N) is 1. The van der Waals surface area contributed by atoms with Gasteiger partial charge in [0.2, 0.25) is 0 Å². The van der Waals surface area contributed by atoms with Gasteiger partial charge < -0.3 is 9.88 Å². The summed E-state index contributed by atoms with van der Waals surface area (Å²) in [6.45, 7) is 2.33. The maximum absolute atomic E-state index is 14.3. The van der Waals surface area contributed by atoms with Crippen molar-refractivity contribution < 1.29 is 22.4 Å². The standard InChI is InChI=1S/C25H22F4N7O/c26-21-9-16(25(27,28)29)1-2-19(21)24(37)34-7-4-17(5-8-34)35-12-18(13-35)36-11-15(10-33-36)22-20-3-6-30-23(20)32-14-31-22/h1-3,6,9-11,14,17H,4-5,7-8,12-13H2,(H,30,31,32). The second-order valence-corrected chi connectivity index (χ2v) is 9.32. The first-order chi connectivity index (χ1) is 17.8. The van der Waals surface area contributed by atoms with E-state index in [1.165, 1.54) is 11.2 Å². The summed E-state index contributed by atoms with van der Waals surface area (Å²) >= 11 is 0. The van der Waals surface area contributed by atoms with Gasteiger partial charge in [0.05, 0.1) is 23.0 Å². The summed E-state index contributed by atoms with van der Waals surface area (Å²) in [5, 5.41) is 5.44. The van der Waals surface area contributed by atoms with E-state index in [9.17, 15) is 22.4 Å². The average Bonchev–Trinajstić information content (AvgIpc) is 3.52. The summed E-state index contributed by atoms with van der Waals surface area (Å²) in [5.74, 6) is -1.73. The molecule has 2 aliphatic rings. The molecule has 1 aromatic carbocycles. The largest absolute Gasteiger partial charge is 0.416 e. The number of aromatic amines is 1. The van der Waals surface area contributed by atoms with Crippen LogP contribution in [0.25, 0.3) is 22.3 Å². The minimum Gasteiger partial charge on any atom is -0.346 e. The lowest BCUT2D eigenvalue weighted by atomic mass is 9.97. The smallest absolute Gasteiger partial charge is 0.346 e. The highest BCUT2D eigenvalue weighted by molar-refractivity contribution is 5.94. The first-order valence-electron chi connectivity index (χ1n) is 11.9. The topological polar surface area (TPSA) is 82.9 Å². The summed E-state index contributed by atoms with van der Waals surface area (Å²) in [6.07, 6.45) is 3.85. The second-order valence-electron chi connectivity index (χ2n) is 9.32. The Morgan fingerprint density at radius 2 is 1.86 bits per heavy atom. The van der Waals surface area contributed by atoms with Crippen molar-refractivity contribution in [1.29, 1.82) is 0 Å². The van der Waals surface area contributed by atoms with E-state index in [0.29, 0.717) is 32.0 Å². The Labute approximate surface area is 208 Å². The Kier molecular flexibility index (Phi) is 5.70. The Bertz CT molecular complexity index is 1450. The third-order valence-corrected chi connectivity index (χ3v) is 7.10. The van der Waals surface area contributed by atoms with E-state index in [-0.39, 0.29) is 11.6 Å². The Morgan fingerprint density at radius 1 is 1.08 bits per heavy atom. The molecule has 0 unspecified atom stereocenters. The highest BCUT2D eigenvalue weighted by Gasteiger charge is 2.38. The van der Waals surface area contributed by atoms with Gasteiger partial charge in [0, 0.05) is 55.6 Å². The average molecular weight is 512 g/mol. The quantitative estimate of drug-likeness (QED) is 0.419. The van der Waals surface area contributed by atoms with E-state index in [1.54, 1.807) is 6.20 Å². The highest BCUT2D eigenvalue weighted by Crippen LogP contribution is 2.32. The van der Waals surface area contributed by atoms with Crippen molar-refractivity contribution in [2.45, 2.75) is 25.1 Å². The van der Waals surface area contributed by atoms with Crippen LogP contribution in [0.4, 0.5) is 17.6 Å². The molecule has 0 atom stereocenters. The number of benzene rings is 1. The number of amides is 1. The molecule has 2 saturated heterocycles. The van der Waals surface area contributed by atoms with Gasteiger partial charge in [-0.15, -0.1) is 0 Å². The molecular weight excluding hydrogens is 490 g/mol. The molecule has 2 aliphatic heterocycles. The zero-order valence-electron chi connectivity index (χ0n) is 19.5. The van der Waals surface area contributed by atoms with Gasteiger partial charge in [-0.2, -0.15) is 18.3 Å². The maximum Gasteiger partial charge on any atom is 0.416 e. The van der Waals surface area contributed by atoms with E-state index in [1.807, 2.05) is 23.1 Å². The number of hydrogen-bond acceptors (Lipinski definition) is 5. The number of hydrogen-bond donors (Lipinski definition) is 1. The third-order valence-electron chi connectivity index (χ3n) is 7.10. The normalized spacial score (nSPS) is 17.9. The lowest BCUT2D eigenvalue weighted by Gasteiger charge is -2.46. The lowest BCUT2D eigenvalue weighted by Crippen LogP contribution is -2.56. The zero-order chi connectivity index (χ0) is 25.7. The van der Waals surface area contributed by atoms with Crippen LogP contribution in [-0.2, 0) is 6.18 Å². The molecule has 0 bridgehead atoms. The lowest BCUT2D eigenvalue weighted by molar-refractivity contribution is -0.137. The van der Waals surface area contributed by atoms with Crippen LogP contribution in [0.15, 0.2) is 49.2 Å². The fourth-order valence-electron chi connectivity index (χ4n) is 5.02. The number of alkyl halides is 3. The first kappa shape index (κ1) is 23.6. The van der Waals surface area contributed by atoms with Crippen molar-refractivity contribution in [3.05, 3.63) is 72.2 Å². The van der Waals surface area contributed by atoms with Crippen LogP contribution in [0.5, 0.6) is 0 Å². The molecule has 0 saturated carbocycles. The third kappa shape index (κ3) is 4.35. The molecule has 4 aromatic rings. The SMILES string of the molecule is O=C(c1ccc(C(F)(F)F)cc1F)N1CCC(N2C[C](n3cc(-c4ncnc5[nH]ccc45)cn3)C2)CC1. The molecule has 0 spiro atoms. The van der Waals surface area contributed by atoms with Crippen LogP contribution in [0, 0.1) is 11.9 Å². The molecule has 191 valence electrons. The Balaban J connectivity index is 1.04. The number of aromatic nitrogens is 5. The number of H-pyrrole nitrogens is 1. The number of piperidine rings is 1. The summed E-state index contributed by atoms with van der Waals surface area (Å²) in [7, 11) is 0. The Hall–Kier alpha value is -3.80. The predicted molar refractivity (Wildman–Crippen MR) is 126 cm³/mol. The monoisotopic (exact) mass is 512 g/mol. The van der Waals surface area contributed by atoms with Crippen molar-refractivity contribution >= 4 is 16.9 Å². The molecule has 1 amide bonds. The number of nitrogens with zero attached hydrogens (tertiary/aromatic N) is 6. The van der Waals surface area contributed by atoms with Crippen molar-refractivity contribution in [3.63, 3.8) is 0 Å². The summed E-state index contributed by atoms with van der Waals surface area (Å²) in [5.41, 5.74) is 1.05. The van der Waals surface area contributed by atoms with E-state index in [2.05, 4.69) is 25.0 Å². The van der Waals surface area contributed by atoms with Gasteiger partial charge >= 0.3 is 6.18 Å². The molecule has 1 N–H and O–H groups in total. The zero-order valence-corrected chi connectivity index (χ0v) is 19.5. The molecule has 1 radical (unpaired) electrons. The predicted octanol–water partition coefficient (Wildman–Crippen LogP) is 3.98. The summed E-state index contributed by atoms with van der Waals surface area (Å²) in [4.78, 5) is 28.3. The van der Waals surface area contributed by atoms with Crippen LogP contribution < -0.4 is 0 Å². The van der Waals surface area contributed by atoms with Crippen molar-refractivity contribution in [2.75, 3.05) is 26.2 Å². The fourth-order valence-corrected chi connectivity index (χ4v) is 5.02. The second kappa shape index (κ2) is 8.94. The molecule has 8 nitrogen and oxygen atoms in total. The molecule has 2 fully saturated rings. The van der Waals surface area contributed by atoms with E-state index in [4.69, 9.17) is 0 Å². The molecule has 5 heterocycles. The van der Waals surface area contributed by atoms with E-state index >= 15 is 0 Å². The van der Waals surface area contributed by atoms with Gasteiger partial charge in [0.15, 0.2) is 0 Å². The van der Waals surface area contributed by atoms with Crippen LogP contribution in [0.2, 0.25) is 0 Å². The van der Waals surface area contributed by atoms with Gasteiger partial charge in [0.1, 0.15) is 23.8 Å². The fraction of sp³-hybridized carbons (Fsp3) is 0.320. The van der Waals surface area contributed by atoms with Gasteiger partial charge in [-0.3, -0.25) is 14.4 Å². The molecule has 37 heavy (non-hydrogen) atoms. The maximum atomic E-state index is 14.3. The number of halogens is 4. The number of rotatable bonds is 4. The minimum atomic E-state index is -4.66. The summed E-state index contributed by atoms with van der Waals surface area (Å²) in [6, 6.07) is 5.39. The molecule has 3 aromatic heterocycles. The number of likely N-dealkylation sites (tertiary alicyclic amines) is 2. The van der Waals surface area contributed by atoms with E-state index in [0.717, 1.165) is 53.6 Å². The number of carbonyl (C=O) groups is 1. The first-order valence-corrected chi connectivity index (χ1v) is 11.9. The molecular formula is C25H22F4N7O. The van der Waals surface area contributed by atoms with Crippen LogP contribution in [-0.4, -0.2) is 72.7 Å². The van der Waals surface area contributed by atoms with Gasteiger partial charge in [-0.05, 0) is 37.1 Å². The van der Waals surface area contributed by atoms with Gasteiger partial charge in [-0.1, -0.05) is 0 Å². The van der Waals surface area contributed by atoms with Gasteiger partial charge in [0.25, 0.3) is 5.91 Å². The van der Waals surface area contributed by atoms with Crippen LogP contribution in [0.3, 0.4) is 0 Å². The van der Waals surface area contributed by atoms with Crippen molar-refractivity contribution in [3.8, 4) is 11.3 Å². The van der Waals surface area contributed by atoms with Crippen LogP contribution in [0.1, 0.15) is 28.8 Å².